The topological polar surface area (TPSA) is 88.6 Å². The van der Waals surface area contributed by atoms with Gasteiger partial charge in [0.25, 0.3) is 0 Å². The van der Waals surface area contributed by atoms with Crippen molar-refractivity contribution in [3.63, 3.8) is 0 Å². The van der Waals surface area contributed by atoms with Gasteiger partial charge in [0.05, 0.1) is 23.3 Å². The van der Waals surface area contributed by atoms with E-state index in [1.54, 1.807) is 19.1 Å². The molecule has 1 aliphatic rings. The molecule has 1 fully saturated rings. The van der Waals surface area contributed by atoms with Crippen LogP contribution < -0.4 is 10.1 Å². The lowest BCUT2D eigenvalue weighted by atomic mass is 10.1. The molecule has 1 heterocycles. The quantitative estimate of drug-likeness (QED) is 0.387. The standard InChI is InChI=1S/C26H25F4N3O4S/c1-3-33(38(35,36)21-10-8-20(27)9-11-21)25(12-13-25)24(34)31-16-17-14-22(32-23(15-17)37-2)18-4-6-19(7-5-18)26(28,29)30/h4-11,14-15H,3,12-13,16H2,1-2H3,(H,31,34). The summed E-state index contributed by atoms with van der Waals surface area (Å²) in [5.41, 5.74) is -0.735. The zero-order valence-corrected chi connectivity index (χ0v) is 21.4. The van der Waals surface area contributed by atoms with Crippen molar-refractivity contribution in [1.82, 2.24) is 14.6 Å². The van der Waals surface area contributed by atoms with Crippen LogP contribution in [0.15, 0.2) is 65.6 Å². The second kappa shape index (κ2) is 10.3. The third-order valence-corrected chi connectivity index (χ3v) is 8.40. The number of halogens is 4. The molecule has 0 bridgehead atoms. The number of carbonyl (C=O) groups excluding carboxylic acids is 1. The van der Waals surface area contributed by atoms with Gasteiger partial charge < -0.3 is 10.1 Å². The van der Waals surface area contributed by atoms with Gasteiger partial charge in [-0.3, -0.25) is 4.79 Å². The number of aromatic nitrogens is 1. The first kappa shape index (κ1) is 27.5. The molecule has 0 aliphatic heterocycles. The molecule has 0 spiro atoms. The first-order chi connectivity index (χ1) is 17.9. The summed E-state index contributed by atoms with van der Waals surface area (Å²) in [7, 11) is -2.67. The van der Waals surface area contributed by atoms with Crippen LogP contribution in [0.4, 0.5) is 17.6 Å². The van der Waals surface area contributed by atoms with Crippen LogP contribution in [-0.4, -0.2) is 42.8 Å². The van der Waals surface area contributed by atoms with Crippen molar-refractivity contribution in [1.29, 1.82) is 0 Å². The lowest BCUT2D eigenvalue weighted by Crippen LogP contribution is -2.51. The molecule has 2 aromatic carbocycles. The molecule has 1 amide bonds. The van der Waals surface area contributed by atoms with Gasteiger partial charge in [-0.15, -0.1) is 0 Å². The molecule has 7 nitrogen and oxygen atoms in total. The number of sulfonamides is 1. The number of rotatable bonds is 9. The van der Waals surface area contributed by atoms with Crippen LogP contribution in [-0.2, 0) is 27.5 Å². The number of alkyl halides is 3. The third-order valence-electron chi connectivity index (χ3n) is 6.34. The van der Waals surface area contributed by atoms with E-state index >= 15 is 0 Å². The monoisotopic (exact) mass is 551 g/mol. The maximum Gasteiger partial charge on any atom is 0.416 e. The van der Waals surface area contributed by atoms with Crippen molar-refractivity contribution in [3.8, 4) is 17.1 Å². The Morgan fingerprint density at radius 3 is 2.24 bits per heavy atom. The minimum Gasteiger partial charge on any atom is -0.481 e. The highest BCUT2D eigenvalue weighted by molar-refractivity contribution is 7.89. The van der Waals surface area contributed by atoms with Crippen molar-refractivity contribution in [2.24, 2.45) is 0 Å². The normalized spacial score (nSPS) is 14.8. The Morgan fingerprint density at radius 1 is 1.08 bits per heavy atom. The number of carbonyl (C=O) groups is 1. The second-order valence-corrected chi connectivity index (χ2v) is 10.7. The number of nitrogens with zero attached hydrogens (tertiary/aromatic N) is 2. The fourth-order valence-corrected chi connectivity index (χ4v) is 6.04. The van der Waals surface area contributed by atoms with Crippen molar-refractivity contribution >= 4 is 15.9 Å². The Labute approximate surface area is 217 Å². The number of amides is 1. The molecule has 1 aromatic heterocycles. The highest BCUT2D eigenvalue weighted by atomic mass is 32.2. The Kier molecular flexibility index (Phi) is 7.48. The van der Waals surface area contributed by atoms with Crippen molar-refractivity contribution in [2.45, 2.75) is 42.9 Å². The minimum absolute atomic E-state index is 0.00124. The minimum atomic E-state index is -4.47. The molecule has 0 atom stereocenters. The van der Waals surface area contributed by atoms with Crippen molar-refractivity contribution in [3.05, 3.63) is 77.6 Å². The zero-order chi connectivity index (χ0) is 27.7. The van der Waals surface area contributed by atoms with Gasteiger partial charge in [0.15, 0.2) is 0 Å². The largest absolute Gasteiger partial charge is 0.481 e. The molecule has 38 heavy (non-hydrogen) atoms. The van der Waals surface area contributed by atoms with Crippen LogP contribution >= 0.6 is 0 Å². The number of likely N-dealkylation sites (N-methyl/N-ethyl adjacent to an activating group) is 1. The first-order valence-corrected chi connectivity index (χ1v) is 13.1. The number of hydrogen-bond acceptors (Lipinski definition) is 5. The van der Waals surface area contributed by atoms with Gasteiger partial charge >= 0.3 is 6.18 Å². The first-order valence-electron chi connectivity index (χ1n) is 11.7. The van der Waals surface area contributed by atoms with Gasteiger partial charge in [-0.25, -0.2) is 17.8 Å². The van der Waals surface area contributed by atoms with Crippen LogP contribution in [0.2, 0.25) is 0 Å². The lowest BCUT2D eigenvalue weighted by Gasteiger charge is -2.29. The number of benzene rings is 2. The highest BCUT2D eigenvalue weighted by Gasteiger charge is 2.58. The van der Waals surface area contributed by atoms with E-state index in [-0.39, 0.29) is 23.9 Å². The predicted octanol–water partition coefficient (Wildman–Crippen LogP) is 4.77. The predicted molar refractivity (Wildman–Crippen MR) is 131 cm³/mol. The highest BCUT2D eigenvalue weighted by Crippen LogP contribution is 2.45. The number of nitrogens with one attached hydrogen (secondary N) is 1. The van der Waals surface area contributed by atoms with E-state index in [2.05, 4.69) is 10.3 Å². The van der Waals surface area contributed by atoms with E-state index in [0.29, 0.717) is 29.7 Å². The number of ether oxygens (including phenoxy) is 1. The average Bonchev–Trinajstić information content (AvgIpc) is 3.68. The van der Waals surface area contributed by atoms with Gasteiger partial charge in [0.2, 0.25) is 21.8 Å². The fraction of sp³-hybridized carbons (Fsp3) is 0.308. The Morgan fingerprint density at radius 2 is 1.71 bits per heavy atom. The molecule has 3 aromatic rings. The molecule has 0 unspecified atom stereocenters. The fourth-order valence-electron chi connectivity index (χ4n) is 4.24. The Hall–Kier alpha value is -3.51. The second-order valence-electron chi connectivity index (χ2n) is 8.82. The van der Waals surface area contributed by atoms with Crippen molar-refractivity contribution < 1.29 is 35.5 Å². The number of pyridine rings is 1. The zero-order valence-electron chi connectivity index (χ0n) is 20.5. The summed E-state index contributed by atoms with van der Waals surface area (Å²) in [6.45, 7) is 1.66. The summed E-state index contributed by atoms with van der Waals surface area (Å²) in [4.78, 5) is 17.4. The van der Waals surface area contributed by atoms with Crippen LogP contribution in [0.3, 0.4) is 0 Å². The maximum atomic E-state index is 13.3. The maximum absolute atomic E-state index is 13.3. The molecular weight excluding hydrogens is 526 g/mol. The molecule has 202 valence electrons. The Balaban J connectivity index is 1.54. The van der Waals surface area contributed by atoms with E-state index < -0.39 is 39.0 Å². The summed E-state index contributed by atoms with van der Waals surface area (Å²) in [5, 5.41) is 2.77. The summed E-state index contributed by atoms with van der Waals surface area (Å²) < 4.78 is 84.9. The van der Waals surface area contributed by atoms with Gasteiger partial charge in [-0.05, 0) is 60.9 Å². The molecule has 0 saturated heterocycles. The van der Waals surface area contributed by atoms with Crippen LogP contribution in [0.1, 0.15) is 30.9 Å². The Bertz CT molecular complexity index is 1420. The van der Waals surface area contributed by atoms with Gasteiger partial charge in [-0.1, -0.05) is 19.1 Å². The van der Waals surface area contributed by atoms with E-state index in [9.17, 15) is 30.8 Å². The molecule has 0 radical (unpaired) electrons. The summed E-state index contributed by atoms with van der Waals surface area (Å²) in [5.74, 6) is -0.868. The SMILES string of the molecule is CCN(C1(C(=O)NCc2cc(OC)nc(-c3ccc(C(F)(F)F)cc3)c2)CC1)S(=O)(=O)c1ccc(F)cc1. The van der Waals surface area contributed by atoms with Gasteiger partial charge in [0, 0.05) is 24.7 Å². The van der Waals surface area contributed by atoms with Crippen LogP contribution in [0.25, 0.3) is 11.3 Å². The van der Waals surface area contributed by atoms with Gasteiger partial charge in [-0.2, -0.15) is 17.5 Å². The van der Waals surface area contributed by atoms with Crippen LogP contribution in [0.5, 0.6) is 5.88 Å². The summed E-state index contributed by atoms with van der Waals surface area (Å²) in [6.07, 6.45) is -3.82. The van der Waals surface area contributed by atoms with E-state index in [4.69, 9.17) is 4.74 Å². The third kappa shape index (κ3) is 5.51. The smallest absolute Gasteiger partial charge is 0.416 e. The molecule has 4 rings (SSSR count). The van der Waals surface area contributed by atoms with E-state index in [1.165, 1.54) is 19.2 Å². The van der Waals surface area contributed by atoms with E-state index in [1.807, 2.05) is 0 Å². The van der Waals surface area contributed by atoms with E-state index in [0.717, 1.165) is 40.7 Å². The number of hydrogen-bond donors (Lipinski definition) is 1. The lowest BCUT2D eigenvalue weighted by molar-refractivity contribution is -0.137. The molecule has 1 aliphatic carbocycles. The summed E-state index contributed by atoms with van der Waals surface area (Å²) >= 11 is 0. The number of methoxy groups -OCH3 is 1. The molecular formula is C26H25F4N3O4S. The van der Waals surface area contributed by atoms with Gasteiger partial charge in [0.1, 0.15) is 11.4 Å². The molecule has 12 heteroatoms. The molecule has 1 N–H and O–H groups in total. The summed E-state index contributed by atoms with van der Waals surface area (Å²) in [6, 6.07) is 12.1. The molecule has 1 saturated carbocycles. The van der Waals surface area contributed by atoms with Crippen molar-refractivity contribution in [2.75, 3.05) is 13.7 Å². The average molecular weight is 552 g/mol. The van der Waals surface area contributed by atoms with Crippen LogP contribution in [0, 0.1) is 5.82 Å².